The second kappa shape index (κ2) is 7.27. The van der Waals surface area contributed by atoms with Crippen LogP contribution in [-0.4, -0.2) is 21.9 Å². The maximum Gasteiger partial charge on any atom is 0.321 e. The molecular weight excluding hydrogens is 348 g/mol. The number of cyclic esters (lactones) is 1. The Morgan fingerprint density at radius 2 is 1.57 bits per heavy atom. The number of esters is 1. The van der Waals surface area contributed by atoms with Crippen LogP contribution in [0.2, 0.25) is 0 Å². The lowest BCUT2D eigenvalue weighted by Gasteiger charge is -2.33. The van der Waals surface area contributed by atoms with Crippen LogP contribution in [-0.2, 0) is 21.5 Å². The largest absolute Gasteiger partial charge is 0.459 e. The molecule has 2 atom stereocenters. The molecule has 0 saturated carbocycles. The first kappa shape index (κ1) is 18.5. The Labute approximate surface area is 166 Å². The number of carbonyl (C=O) groups is 1. The van der Waals surface area contributed by atoms with Crippen LogP contribution in [0.1, 0.15) is 35.7 Å². The Morgan fingerprint density at radius 3 is 2.04 bits per heavy atom. The Kier molecular flexibility index (Phi) is 4.80. The molecule has 1 aliphatic rings. The number of benzene rings is 2. The molecular formula is C24H26N2O2. The zero-order valence-electron chi connectivity index (χ0n) is 16.6. The van der Waals surface area contributed by atoms with E-state index in [9.17, 15) is 4.79 Å². The summed E-state index contributed by atoms with van der Waals surface area (Å²) in [5.74, 6) is -0.142. The molecule has 28 heavy (non-hydrogen) atoms. The van der Waals surface area contributed by atoms with Crippen molar-refractivity contribution in [1.82, 2.24) is 9.78 Å². The summed E-state index contributed by atoms with van der Waals surface area (Å²) in [7, 11) is 0. The maximum atomic E-state index is 13.5. The van der Waals surface area contributed by atoms with Crippen molar-refractivity contribution >= 4 is 5.97 Å². The van der Waals surface area contributed by atoms with E-state index in [1.54, 1.807) is 0 Å². The summed E-state index contributed by atoms with van der Waals surface area (Å²) in [6, 6.07) is 20.1. The quantitative estimate of drug-likeness (QED) is 0.620. The molecule has 1 fully saturated rings. The average Bonchev–Trinajstić information content (AvgIpc) is 3.18. The number of nitrogens with zero attached hydrogens (tertiary/aromatic N) is 2. The van der Waals surface area contributed by atoms with Gasteiger partial charge in [0, 0.05) is 12.1 Å². The lowest BCUT2D eigenvalue weighted by molar-refractivity contribution is -0.145. The van der Waals surface area contributed by atoms with Gasteiger partial charge in [0.2, 0.25) is 0 Å². The van der Waals surface area contributed by atoms with Gasteiger partial charge in [-0.2, -0.15) is 5.10 Å². The Hall–Kier alpha value is -2.88. The van der Waals surface area contributed by atoms with Crippen molar-refractivity contribution in [3.8, 4) is 0 Å². The third-order valence-electron chi connectivity index (χ3n) is 6.04. The smallest absolute Gasteiger partial charge is 0.321 e. The first-order valence-electron chi connectivity index (χ1n) is 9.90. The van der Waals surface area contributed by atoms with Gasteiger partial charge in [-0.25, -0.2) is 0 Å². The molecule has 4 heteroatoms. The maximum absolute atomic E-state index is 13.5. The third-order valence-corrected chi connectivity index (χ3v) is 6.04. The van der Waals surface area contributed by atoms with E-state index in [0.29, 0.717) is 6.54 Å². The van der Waals surface area contributed by atoms with Gasteiger partial charge >= 0.3 is 5.97 Å². The van der Waals surface area contributed by atoms with Crippen LogP contribution in [0.15, 0.2) is 66.9 Å². The van der Waals surface area contributed by atoms with Gasteiger partial charge in [-0.3, -0.25) is 9.48 Å². The van der Waals surface area contributed by atoms with Crippen molar-refractivity contribution in [2.45, 2.75) is 45.3 Å². The minimum Gasteiger partial charge on any atom is -0.459 e. The van der Waals surface area contributed by atoms with E-state index in [-0.39, 0.29) is 18.0 Å². The zero-order valence-corrected chi connectivity index (χ0v) is 16.6. The first-order valence-corrected chi connectivity index (χ1v) is 9.90. The monoisotopic (exact) mass is 374 g/mol. The van der Waals surface area contributed by atoms with Crippen LogP contribution in [0.5, 0.6) is 0 Å². The molecule has 1 aromatic heterocycles. The van der Waals surface area contributed by atoms with Crippen LogP contribution in [0.3, 0.4) is 0 Å². The lowest BCUT2D eigenvalue weighted by Crippen LogP contribution is -2.41. The molecule has 0 bridgehead atoms. The van der Waals surface area contributed by atoms with E-state index in [1.807, 2.05) is 78.5 Å². The molecule has 2 heterocycles. The summed E-state index contributed by atoms with van der Waals surface area (Å²) < 4.78 is 7.96. The van der Waals surface area contributed by atoms with Crippen molar-refractivity contribution in [1.29, 1.82) is 0 Å². The highest BCUT2D eigenvalue weighted by atomic mass is 16.6. The predicted octanol–water partition coefficient (Wildman–Crippen LogP) is 4.44. The first-order chi connectivity index (χ1) is 13.6. The van der Waals surface area contributed by atoms with E-state index < -0.39 is 5.41 Å². The number of hydrogen-bond donors (Lipinski definition) is 0. The third kappa shape index (κ3) is 2.84. The molecule has 2 aromatic carbocycles. The van der Waals surface area contributed by atoms with Gasteiger partial charge < -0.3 is 4.74 Å². The van der Waals surface area contributed by atoms with Crippen LogP contribution < -0.4 is 0 Å². The number of hydrogen-bond acceptors (Lipinski definition) is 3. The summed E-state index contributed by atoms with van der Waals surface area (Å²) in [4.78, 5) is 13.5. The molecule has 0 amide bonds. The molecule has 4 rings (SSSR count). The fourth-order valence-electron chi connectivity index (χ4n) is 4.60. The van der Waals surface area contributed by atoms with Gasteiger partial charge in [-0.15, -0.1) is 0 Å². The minimum atomic E-state index is -0.792. The predicted molar refractivity (Wildman–Crippen MR) is 109 cm³/mol. The van der Waals surface area contributed by atoms with E-state index in [1.165, 1.54) is 0 Å². The highest BCUT2D eigenvalue weighted by Crippen LogP contribution is 2.49. The SMILES string of the molecule is CCC1C(Cn2cc(C)c(C)n2)OC(=O)C1(c1ccccc1)c1ccccc1. The van der Waals surface area contributed by atoms with Crippen LogP contribution in [0.25, 0.3) is 0 Å². The summed E-state index contributed by atoms with van der Waals surface area (Å²) >= 11 is 0. The van der Waals surface area contributed by atoms with Gasteiger partial charge in [-0.05, 0) is 37.0 Å². The van der Waals surface area contributed by atoms with Crippen molar-refractivity contribution in [3.05, 3.63) is 89.2 Å². The van der Waals surface area contributed by atoms with Gasteiger partial charge in [0.05, 0.1) is 12.2 Å². The molecule has 2 unspecified atom stereocenters. The molecule has 0 N–H and O–H groups in total. The van der Waals surface area contributed by atoms with Crippen molar-refractivity contribution in [2.75, 3.05) is 0 Å². The van der Waals surface area contributed by atoms with Crippen LogP contribution >= 0.6 is 0 Å². The highest BCUT2D eigenvalue weighted by Gasteiger charge is 2.58. The van der Waals surface area contributed by atoms with Gasteiger partial charge in [0.1, 0.15) is 11.5 Å². The van der Waals surface area contributed by atoms with E-state index in [2.05, 4.69) is 18.9 Å². The molecule has 1 saturated heterocycles. The van der Waals surface area contributed by atoms with E-state index in [4.69, 9.17) is 4.74 Å². The lowest BCUT2D eigenvalue weighted by atomic mass is 9.64. The Balaban J connectivity index is 1.82. The topological polar surface area (TPSA) is 44.1 Å². The standard InChI is InChI=1S/C24H26N2O2/c1-4-21-22(16-26-15-17(2)18(3)25-26)28-23(27)24(21,19-11-7-5-8-12-19)20-13-9-6-10-14-20/h5-15,21-22H,4,16H2,1-3H3. The number of aryl methyl sites for hydroxylation is 2. The summed E-state index contributed by atoms with van der Waals surface area (Å²) in [5, 5.41) is 4.59. The van der Waals surface area contributed by atoms with E-state index in [0.717, 1.165) is 28.8 Å². The number of rotatable bonds is 5. The van der Waals surface area contributed by atoms with Gasteiger partial charge in [-0.1, -0.05) is 67.6 Å². The fraction of sp³-hybridized carbons (Fsp3) is 0.333. The highest BCUT2D eigenvalue weighted by molar-refractivity contribution is 5.90. The molecule has 3 aromatic rings. The van der Waals surface area contributed by atoms with Crippen molar-refractivity contribution in [2.24, 2.45) is 5.92 Å². The average molecular weight is 374 g/mol. The van der Waals surface area contributed by atoms with Crippen LogP contribution in [0.4, 0.5) is 0 Å². The van der Waals surface area contributed by atoms with Crippen molar-refractivity contribution in [3.63, 3.8) is 0 Å². The minimum absolute atomic E-state index is 0.0228. The summed E-state index contributed by atoms with van der Waals surface area (Å²) in [6.07, 6.45) is 2.64. The Bertz CT molecular complexity index is 904. The van der Waals surface area contributed by atoms with Crippen molar-refractivity contribution < 1.29 is 9.53 Å². The molecule has 0 spiro atoms. The molecule has 4 nitrogen and oxygen atoms in total. The Morgan fingerprint density at radius 1 is 1.00 bits per heavy atom. The molecule has 144 valence electrons. The number of ether oxygens (including phenoxy) is 1. The van der Waals surface area contributed by atoms with Gasteiger partial charge in [0.15, 0.2) is 0 Å². The zero-order chi connectivity index (χ0) is 19.7. The molecule has 0 aliphatic carbocycles. The molecule has 1 aliphatic heterocycles. The van der Waals surface area contributed by atoms with Gasteiger partial charge in [0.25, 0.3) is 0 Å². The van der Waals surface area contributed by atoms with Crippen LogP contribution in [0, 0.1) is 19.8 Å². The summed E-state index contributed by atoms with van der Waals surface area (Å²) in [5.41, 5.74) is 3.35. The molecule has 0 radical (unpaired) electrons. The second-order valence-electron chi connectivity index (χ2n) is 7.62. The second-order valence-corrected chi connectivity index (χ2v) is 7.62. The summed E-state index contributed by atoms with van der Waals surface area (Å²) in [6.45, 7) is 6.76. The number of carbonyl (C=O) groups excluding carboxylic acids is 1. The normalized spacial score (nSPS) is 20.9. The van der Waals surface area contributed by atoms with E-state index >= 15 is 0 Å². The number of aromatic nitrogens is 2. The fourth-order valence-corrected chi connectivity index (χ4v) is 4.60.